The van der Waals surface area contributed by atoms with Crippen LogP contribution < -0.4 is 21.1 Å². The second kappa shape index (κ2) is 9.39. The Morgan fingerprint density at radius 3 is 2.71 bits per heavy atom. The Morgan fingerprint density at radius 2 is 2.04 bits per heavy atom. The lowest BCUT2D eigenvalue weighted by Gasteiger charge is -2.29. The lowest BCUT2D eigenvalue weighted by molar-refractivity contribution is -0.120. The largest absolute Gasteiger partial charge is 0.496 e. The predicted octanol–water partition coefficient (Wildman–Crippen LogP) is 4.03. The molecule has 0 bridgehead atoms. The van der Waals surface area contributed by atoms with E-state index in [2.05, 4.69) is 31.5 Å². The van der Waals surface area contributed by atoms with Crippen LogP contribution in [-0.2, 0) is 11.3 Å². The first kappa shape index (κ1) is 20.6. The molecule has 1 aliphatic rings. The second-order valence-electron chi connectivity index (χ2n) is 7.29. The number of carbonyl (C=O) groups is 1. The summed E-state index contributed by atoms with van der Waals surface area (Å²) in [6.45, 7) is 2.68. The number of hydrogen-bond donors (Lipinski definition) is 3. The standard InChI is InChI=1S/C21H27BrN4O2/c1-13-3-6-16(9-20(13)28-2)26-21(27)14-4-7-15(8-5-14)25-10-17-18(22)11-24-12-19(17)23/h3,6,9,11-12,14-15,25H,4-5,7-8,10,23H2,1-2H3,(H,26,27). The number of nitrogen functional groups attached to an aromatic ring is 1. The first-order valence-electron chi connectivity index (χ1n) is 9.54. The zero-order chi connectivity index (χ0) is 20.1. The fraction of sp³-hybridized carbons (Fsp3) is 0.429. The number of aromatic nitrogens is 1. The van der Waals surface area contributed by atoms with Crippen LogP contribution in [0.1, 0.15) is 36.8 Å². The number of ether oxygens (including phenoxy) is 1. The number of carbonyl (C=O) groups excluding carboxylic acids is 1. The van der Waals surface area contributed by atoms with E-state index in [0.29, 0.717) is 18.3 Å². The van der Waals surface area contributed by atoms with Gasteiger partial charge in [-0.05, 0) is 60.2 Å². The third-order valence-corrected chi connectivity index (χ3v) is 6.06. The molecule has 1 aliphatic carbocycles. The molecule has 150 valence electrons. The topological polar surface area (TPSA) is 89.3 Å². The van der Waals surface area contributed by atoms with Crippen molar-refractivity contribution in [3.63, 3.8) is 0 Å². The first-order chi connectivity index (χ1) is 13.5. The Hall–Kier alpha value is -2.12. The summed E-state index contributed by atoms with van der Waals surface area (Å²) in [7, 11) is 1.64. The molecule has 3 rings (SSSR count). The summed E-state index contributed by atoms with van der Waals surface area (Å²) < 4.78 is 6.25. The number of nitrogens with zero attached hydrogens (tertiary/aromatic N) is 1. The van der Waals surface area contributed by atoms with Crippen LogP contribution in [0.25, 0.3) is 0 Å². The smallest absolute Gasteiger partial charge is 0.227 e. The molecule has 0 unspecified atom stereocenters. The molecule has 1 aromatic carbocycles. The maximum absolute atomic E-state index is 12.6. The molecular weight excluding hydrogens is 420 g/mol. The number of halogens is 1. The molecule has 1 saturated carbocycles. The highest BCUT2D eigenvalue weighted by molar-refractivity contribution is 9.10. The number of anilines is 2. The number of hydrogen-bond acceptors (Lipinski definition) is 5. The minimum Gasteiger partial charge on any atom is -0.496 e. The number of nitrogens with two attached hydrogens (primary N) is 1. The van der Waals surface area contributed by atoms with Gasteiger partial charge in [0.15, 0.2) is 0 Å². The van der Waals surface area contributed by atoms with E-state index in [1.807, 2.05) is 25.1 Å². The summed E-state index contributed by atoms with van der Waals surface area (Å²) in [4.78, 5) is 16.7. The third kappa shape index (κ3) is 5.02. The molecule has 0 saturated heterocycles. The average molecular weight is 447 g/mol. The van der Waals surface area contributed by atoms with Gasteiger partial charge < -0.3 is 21.1 Å². The molecular formula is C21H27BrN4O2. The molecule has 28 heavy (non-hydrogen) atoms. The van der Waals surface area contributed by atoms with Gasteiger partial charge in [0.2, 0.25) is 5.91 Å². The SMILES string of the molecule is COc1cc(NC(=O)C2CCC(NCc3c(N)cncc3Br)CC2)ccc1C. The molecule has 2 aromatic rings. The van der Waals surface area contributed by atoms with Crippen LogP contribution in [0.2, 0.25) is 0 Å². The molecule has 1 fully saturated rings. The van der Waals surface area contributed by atoms with E-state index < -0.39 is 0 Å². The summed E-state index contributed by atoms with van der Waals surface area (Å²) in [5.41, 5.74) is 9.55. The van der Waals surface area contributed by atoms with Gasteiger partial charge in [-0.25, -0.2) is 0 Å². The van der Waals surface area contributed by atoms with Crippen molar-refractivity contribution in [2.24, 2.45) is 5.92 Å². The van der Waals surface area contributed by atoms with Crippen molar-refractivity contribution in [2.45, 2.75) is 45.2 Å². The summed E-state index contributed by atoms with van der Waals surface area (Å²) >= 11 is 3.50. The summed E-state index contributed by atoms with van der Waals surface area (Å²) in [5.74, 6) is 0.917. The van der Waals surface area contributed by atoms with Gasteiger partial charge in [-0.3, -0.25) is 9.78 Å². The maximum atomic E-state index is 12.6. The number of benzene rings is 1. The Balaban J connectivity index is 1.49. The van der Waals surface area contributed by atoms with Crippen molar-refractivity contribution >= 4 is 33.2 Å². The molecule has 7 heteroatoms. The summed E-state index contributed by atoms with van der Waals surface area (Å²) in [5, 5.41) is 6.60. The Kier molecular flexibility index (Phi) is 6.91. The zero-order valence-electron chi connectivity index (χ0n) is 16.3. The Bertz CT molecular complexity index is 815. The third-order valence-electron chi connectivity index (χ3n) is 5.38. The Morgan fingerprint density at radius 1 is 1.29 bits per heavy atom. The van der Waals surface area contributed by atoms with Crippen molar-refractivity contribution in [3.05, 3.63) is 46.2 Å². The average Bonchev–Trinajstić information content (AvgIpc) is 2.69. The fourth-order valence-electron chi connectivity index (χ4n) is 3.61. The second-order valence-corrected chi connectivity index (χ2v) is 8.15. The molecule has 0 aliphatic heterocycles. The van der Waals surface area contributed by atoms with E-state index in [1.54, 1.807) is 19.5 Å². The van der Waals surface area contributed by atoms with Crippen LogP contribution in [0.4, 0.5) is 11.4 Å². The van der Waals surface area contributed by atoms with Gasteiger partial charge in [-0.2, -0.15) is 0 Å². The highest BCUT2D eigenvalue weighted by Gasteiger charge is 2.26. The molecule has 0 spiro atoms. The van der Waals surface area contributed by atoms with Crippen LogP contribution in [0.15, 0.2) is 35.1 Å². The quantitative estimate of drug-likeness (QED) is 0.622. The fourth-order valence-corrected chi connectivity index (χ4v) is 4.10. The predicted molar refractivity (Wildman–Crippen MR) is 115 cm³/mol. The van der Waals surface area contributed by atoms with Crippen LogP contribution in [0.3, 0.4) is 0 Å². The van der Waals surface area contributed by atoms with Crippen LogP contribution in [0, 0.1) is 12.8 Å². The van der Waals surface area contributed by atoms with E-state index in [1.165, 1.54) is 0 Å². The van der Waals surface area contributed by atoms with E-state index in [0.717, 1.165) is 52.7 Å². The minimum absolute atomic E-state index is 0.0445. The molecule has 0 atom stereocenters. The van der Waals surface area contributed by atoms with E-state index >= 15 is 0 Å². The van der Waals surface area contributed by atoms with Gasteiger partial charge in [0.25, 0.3) is 0 Å². The van der Waals surface area contributed by atoms with Crippen LogP contribution in [0.5, 0.6) is 5.75 Å². The summed E-state index contributed by atoms with van der Waals surface area (Å²) in [6.07, 6.45) is 7.12. The van der Waals surface area contributed by atoms with E-state index in [-0.39, 0.29) is 11.8 Å². The summed E-state index contributed by atoms with van der Waals surface area (Å²) in [6, 6.07) is 6.14. The molecule has 1 heterocycles. The number of amides is 1. The van der Waals surface area contributed by atoms with Gasteiger partial charge in [0.1, 0.15) is 5.75 Å². The lowest BCUT2D eigenvalue weighted by Crippen LogP contribution is -2.36. The van der Waals surface area contributed by atoms with Gasteiger partial charge in [0, 0.05) is 46.5 Å². The first-order valence-corrected chi connectivity index (χ1v) is 10.3. The molecule has 1 amide bonds. The molecule has 4 N–H and O–H groups in total. The molecule has 1 aromatic heterocycles. The highest BCUT2D eigenvalue weighted by atomic mass is 79.9. The van der Waals surface area contributed by atoms with Gasteiger partial charge in [-0.15, -0.1) is 0 Å². The number of pyridine rings is 1. The monoisotopic (exact) mass is 446 g/mol. The minimum atomic E-state index is 0.0445. The highest BCUT2D eigenvalue weighted by Crippen LogP contribution is 2.28. The number of methoxy groups -OCH3 is 1. The van der Waals surface area contributed by atoms with Crippen LogP contribution >= 0.6 is 15.9 Å². The Labute approximate surface area is 174 Å². The van der Waals surface area contributed by atoms with Gasteiger partial charge in [0.05, 0.1) is 19.0 Å². The van der Waals surface area contributed by atoms with Crippen molar-refractivity contribution in [2.75, 3.05) is 18.2 Å². The normalized spacial score (nSPS) is 19.2. The van der Waals surface area contributed by atoms with Crippen molar-refractivity contribution in [1.82, 2.24) is 10.3 Å². The zero-order valence-corrected chi connectivity index (χ0v) is 17.9. The van der Waals surface area contributed by atoms with E-state index in [9.17, 15) is 4.79 Å². The van der Waals surface area contributed by atoms with Gasteiger partial charge >= 0.3 is 0 Å². The molecule has 0 radical (unpaired) electrons. The van der Waals surface area contributed by atoms with Crippen LogP contribution in [-0.4, -0.2) is 24.0 Å². The number of rotatable bonds is 6. The van der Waals surface area contributed by atoms with Crippen molar-refractivity contribution < 1.29 is 9.53 Å². The van der Waals surface area contributed by atoms with Crippen molar-refractivity contribution in [3.8, 4) is 5.75 Å². The number of nitrogens with one attached hydrogen (secondary N) is 2. The number of aryl methyl sites for hydroxylation is 1. The van der Waals surface area contributed by atoms with Crippen molar-refractivity contribution in [1.29, 1.82) is 0 Å². The van der Waals surface area contributed by atoms with E-state index in [4.69, 9.17) is 10.5 Å². The maximum Gasteiger partial charge on any atom is 0.227 e. The van der Waals surface area contributed by atoms with Gasteiger partial charge in [-0.1, -0.05) is 6.07 Å². The lowest BCUT2D eigenvalue weighted by atomic mass is 9.85. The molecule has 6 nitrogen and oxygen atoms in total.